The second kappa shape index (κ2) is 7.53. The number of carbonyl (C=O) groups is 1. The lowest BCUT2D eigenvalue weighted by Crippen LogP contribution is -2.44. The number of hydrogen-bond donors (Lipinski definition) is 1. The number of methoxy groups -OCH3 is 1. The van der Waals surface area contributed by atoms with Crippen LogP contribution in [0.4, 0.5) is 13.2 Å². The average molecular weight is 444 g/mol. The van der Waals surface area contributed by atoms with Crippen molar-refractivity contribution < 1.29 is 31.1 Å². The molecule has 2 unspecified atom stereocenters. The largest absolute Gasteiger partial charge is 0.496 e. The van der Waals surface area contributed by atoms with Crippen LogP contribution in [-0.4, -0.2) is 27.6 Å². The summed E-state index contributed by atoms with van der Waals surface area (Å²) in [7, 11) is -2.88. The van der Waals surface area contributed by atoms with Gasteiger partial charge in [0.2, 0.25) is 5.91 Å². The molecule has 1 saturated carbocycles. The molecule has 1 N–H and O–H groups in total. The molecule has 0 aliphatic heterocycles. The normalized spacial score (nSPS) is 21.6. The molecule has 5 nitrogen and oxygen atoms in total. The fourth-order valence-corrected chi connectivity index (χ4v) is 4.66. The Labute approximate surface area is 152 Å². The number of halogens is 4. The summed E-state index contributed by atoms with van der Waals surface area (Å²) in [4.78, 5) is 12.0. The predicted molar refractivity (Wildman–Crippen MR) is 87.5 cm³/mol. The molecule has 0 heterocycles. The van der Waals surface area contributed by atoms with Crippen LogP contribution in [-0.2, 0) is 14.8 Å². The van der Waals surface area contributed by atoms with Crippen LogP contribution < -0.4 is 9.46 Å². The van der Waals surface area contributed by atoms with E-state index in [2.05, 4.69) is 15.9 Å². The molecule has 0 saturated heterocycles. The number of benzene rings is 1. The van der Waals surface area contributed by atoms with Crippen molar-refractivity contribution in [3.05, 3.63) is 22.7 Å². The van der Waals surface area contributed by atoms with Crippen molar-refractivity contribution in [2.45, 2.75) is 36.8 Å². The SMILES string of the molecule is COc1ccc(S(=O)(=O)NC(=O)C2CCCCC2C(F)(F)F)cc1Br. The minimum absolute atomic E-state index is 0.0117. The van der Waals surface area contributed by atoms with Crippen LogP contribution in [0.15, 0.2) is 27.6 Å². The first-order valence-corrected chi connectivity index (χ1v) is 9.81. The van der Waals surface area contributed by atoms with Crippen molar-refractivity contribution in [2.24, 2.45) is 11.8 Å². The van der Waals surface area contributed by atoms with E-state index in [1.54, 1.807) is 4.72 Å². The van der Waals surface area contributed by atoms with Crippen molar-refractivity contribution >= 4 is 31.9 Å². The van der Waals surface area contributed by atoms with Crippen LogP contribution in [0.2, 0.25) is 0 Å². The lowest BCUT2D eigenvalue weighted by molar-refractivity contribution is -0.197. The molecule has 25 heavy (non-hydrogen) atoms. The first-order chi connectivity index (χ1) is 11.6. The van der Waals surface area contributed by atoms with Crippen LogP contribution in [0.25, 0.3) is 0 Å². The standard InChI is InChI=1S/C15H17BrF3NO4S/c1-24-13-7-6-9(8-12(13)16)25(22,23)20-14(21)10-4-2-3-5-11(10)15(17,18)19/h6-8,10-11H,2-5H2,1H3,(H,20,21). The van der Waals surface area contributed by atoms with E-state index in [0.717, 1.165) is 0 Å². The highest BCUT2D eigenvalue weighted by molar-refractivity contribution is 9.10. The molecule has 2 atom stereocenters. The molecule has 1 aromatic rings. The zero-order valence-electron chi connectivity index (χ0n) is 13.3. The number of hydrogen-bond acceptors (Lipinski definition) is 4. The van der Waals surface area contributed by atoms with Gasteiger partial charge >= 0.3 is 6.18 Å². The summed E-state index contributed by atoms with van der Waals surface area (Å²) in [5.41, 5.74) is 0. The summed E-state index contributed by atoms with van der Waals surface area (Å²) < 4.78 is 71.0. The van der Waals surface area contributed by atoms with Gasteiger partial charge in [0.1, 0.15) is 5.75 Å². The maximum Gasteiger partial charge on any atom is 0.392 e. The summed E-state index contributed by atoms with van der Waals surface area (Å²) >= 11 is 3.13. The molecule has 140 valence electrons. The molecule has 0 bridgehead atoms. The smallest absolute Gasteiger partial charge is 0.392 e. The average Bonchev–Trinajstić information content (AvgIpc) is 2.53. The van der Waals surface area contributed by atoms with Gasteiger partial charge in [0.15, 0.2) is 0 Å². The van der Waals surface area contributed by atoms with E-state index in [-0.39, 0.29) is 17.7 Å². The topological polar surface area (TPSA) is 72.5 Å². The van der Waals surface area contributed by atoms with Gasteiger partial charge in [-0.05, 0) is 47.0 Å². The fourth-order valence-electron chi connectivity index (χ4n) is 2.92. The van der Waals surface area contributed by atoms with Gasteiger partial charge in [-0.3, -0.25) is 4.79 Å². The maximum atomic E-state index is 13.1. The number of alkyl halides is 3. The third kappa shape index (κ3) is 4.66. The van der Waals surface area contributed by atoms with Gasteiger partial charge in [-0.1, -0.05) is 12.8 Å². The zero-order valence-corrected chi connectivity index (χ0v) is 15.7. The Balaban J connectivity index is 2.21. The number of amides is 1. The highest BCUT2D eigenvalue weighted by Crippen LogP contribution is 2.41. The highest BCUT2D eigenvalue weighted by atomic mass is 79.9. The molecule has 2 rings (SSSR count). The van der Waals surface area contributed by atoms with Gasteiger partial charge in [-0.15, -0.1) is 0 Å². The van der Waals surface area contributed by atoms with E-state index < -0.39 is 33.9 Å². The molecule has 10 heteroatoms. The second-order valence-corrected chi connectivity index (χ2v) is 8.34. The van der Waals surface area contributed by atoms with E-state index in [4.69, 9.17) is 4.74 Å². The quantitative estimate of drug-likeness (QED) is 0.770. The van der Waals surface area contributed by atoms with E-state index in [1.165, 1.54) is 25.3 Å². The zero-order chi connectivity index (χ0) is 18.8. The van der Waals surface area contributed by atoms with E-state index in [9.17, 15) is 26.4 Å². The maximum absolute atomic E-state index is 13.1. The molecule has 1 fully saturated rings. The van der Waals surface area contributed by atoms with Crippen LogP contribution >= 0.6 is 15.9 Å². The van der Waals surface area contributed by atoms with Crippen molar-refractivity contribution in [2.75, 3.05) is 7.11 Å². The van der Waals surface area contributed by atoms with Crippen molar-refractivity contribution in [3.63, 3.8) is 0 Å². The Morgan fingerprint density at radius 2 is 1.92 bits per heavy atom. The van der Waals surface area contributed by atoms with Crippen LogP contribution in [0, 0.1) is 11.8 Å². The van der Waals surface area contributed by atoms with Gasteiger partial charge in [-0.25, -0.2) is 13.1 Å². The third-order valence-corrected chi connectivity index (χ3v) is 6.16. The monoisotopic (exact) mass is 443 g/mol. The molecule has 1 amide bonds. The first kappa shape index (κ1) is 20.0. The summed E-state index contributed by atoms with van der Waals surface area (Å²) in [5, 5.41) is 0. The third-order valence-electron chi connectivity index (χ3n) is 4.19. The van der Waals surface area contributed by atoms with Crippen LogP contribution in [0.5, 0.6) is 5.75 Å². The molecular formula is C15H17BrF3NO4S. The Kier molecular flexibility index (Phi) is 6.03. The minimum Gasteiger partial charge on any atom is -0.496 e. The fraction of sp³-hybridized carbons (Fsp3) is 0.533. The van der Waals surface area contributed by atoms with E-state index in [1.807, 2.05) is 0 Å². The van der Waals surface area contributed by atoms with Crippen molar-refractivity contribution in [1.82, 2.24) is 4.72 Å². The minimum atomic E-state index is -4.53. The summed E-state index contributed by atoms with van der Waals surface area (Å²) in [5.74, 6) is -3.95. The molecular weight excluding hydrogens is 427 g/mol. The summed E-state index contributed by atoms with van der Waals surface area (Å²) in [6.45, 7) is 0. The number of nitrogens with one attached hydrogen (secondary N) is 1. The highest BCUT2D eigenvalue weighted by Gasteiger charge is 2.48. The van der Waals surface area contributed by atoms with Crippen molar-refractivity contribution in [3.8, 4) is 5.75 Å². The number of sulfonamides is 1. The number of rotatable bonds is 4. The number of ether oxygens (including phenoxy) is 1. The van der Waals surface area contributed by atoms with Gasteiger partial charge in [0.25, 0.3) is 10.0 Å². The predicted octanol–water partition coefficient (Wildman–Crippen LogP) is 3.63. The Morgan fingerprint density at radius 1 is 1.28 bits per heavy atom. The molecule has 1 aromatic carbocycles. The van der Waals surface area contributed by atoms with Gasteiger partial charge in [-0.2, -0.15) is 13.2 Å². The first-order valence-electron chi connectivity index (χ1n) is 7.53. The molecule has 0 aromatic heterocycles. The summed E-state index contributed by atoms with van der Waals surface area (Å²) in [6, 6.07) is 3.81. The van der Waals surface area contributed by atoms with E-state index in [0.29, 0.717) is 23.1 Å². The van der Waals surface area contributed by atoms with E-state index >= 15 is 0 Å². The van der Waals surface area contributed by atoms with Crippen LogP contribution in [0.1, 0.15) is 25.7 Å². The Morgan fingerprint density at radius 3 is 2.48 bits per heavy atom. The molecule has 1 aliphatic rings. The van der Waals surface area contributed by atoms with Crippen LogP contribution in [0.3, 0.4) is 0 Å². The Hall–Kier alpha value is -1.29. The summed E-state index contributed by atoms with van der Waals surface area (Å²) in [6.07, 6.45) is -3.87. The molecule has 0 spiro atoms. The molecule has 1 aliphatic carbocycles. The lowest BCUT2D eigenvalue weighted by atomic mass is 9.78. The van der Waals surface area contributed by atoms with Crippen molar-refractivity contribution in [1.29, 1.82) is 0 Å². The van der Waals surface area contributed by atoms with Gasteiger partial charge in [0, 0.05) is 0 Å². The van der Waals surface area contributed by atoms with Gasteiger partial charge in [0.05, 0.1) is 28.3 Å². The van der Waals surface area contributed by atoms with Gasteiger partial charge < -0.3 is 4.74 Å². The number of carbonyl (C=O) groups excluding carboxylic acids is 1. The lowest BCUT2D eigenvalue weighted by Gasteiger charge is -2.31. The molecule has 0 radical (unpaired) electrons. The Bertz CT molecular complexity index is 752. The second-order valence-electron chi connectivity index (χ2n) is 5.81.